The van der Waals surface area contributed by atoms with Gasteiger partial charge in [0.05, 0.1) is 19.2 Å². The predicted molar refractivity (Wildman–Crippen MR) is 65.3 cm³/mol. The molecule has 2 atom stereocenters. The Bertz CT molecular complexity index is 455. The molecule has 1 aromatic rings. The smallest absolute Gasteiger partial charge is 0.244 e. The van der Waals surface area contributed by atoms with Crippen LogP contribution in [-0.4, -0.2) is 36.6 Å². The molecule has 1 heterocycles. The molecule has 2 N–H and O–H groups in total. The summed E-state index contributed by atoms with van der Waals surface area (Å²) in [5.74, 6) is -0.162. The van der Waals surface area contributed by atoms with Gasteiger partial charge in [0.2, 0.25) is 5.91 Å². The number of benzene rings is 1. The van der Waals surface area contributed by atoms with Gasteiger partial charge in [0.25, 0.3) is 0 Å². The maximum Gasteiger partial charge on any atom is 0.244 e. The highest BCUT2D eigenvalue weighted by atomic mass is 16.5. The summed E-state index contributed by atoms with van der Waals surface area (Å²) in [7, 11) is 0. The molecule has 1 unspecified atom stereocenters. The van der Waals surface area contributed by atoms with Crippen LogP contribution in [0.25, 0.3) is 0 Å². The molecule has 5 heteroatoms. The average Bonchev–Trinajstić information content (AvgIpc) is 2.46. The van der Waals surface area contributed by atoms with E-state index in [1.165, 1.54) is 0 Å². The lowest BCUT2D eigenvalue weighted by Crippen LogP contribution is -2.48. The van der Waals surface area contributed by atoms with Crippen LogP contribution >= 0.6 is 0 Å². The van der Waals surface area contributed by atoms with Crippen LogP contribution in [0.3, 0.4) is 0 Å². The zero-order valence-corrected chi connectivity index (χ0v) is 9.95. The maximum absolute atomic E-state index is 12.2. The van der Waals surface area contributed by atoms with Crippen molar-refractivity contribution in [1.82, 2.24) is 4.90 Å². The summed E-state index contributed by atoms with van der Waals surface area (Å²) in [4.78, 5) is 13.8. The minimum Gasteiger partial charge on any atom is -0.360 e. The summed E-state index contributed by atoms with van der Waals surface area (Å²) in [6.07, 6.45) is -0.550. The lowest BCUT2D eigenvalue weighted by molar-refractivity contribution is -0.138. The zero-order valence-electron chi connectivity index (χ0n) is 9.95. The molecule has 0 bridgehead atoms. The SMILES string of the molecule is N#CC1CN(C(=O)[C@H](N)c2ccccc2)CCO1. The number of nitrogens with zero attached hydrogens (tertiary/aromatic N) is 2. The number of carbonyl (C=O) groups is 1. The van der Waals surface area contributed by atoms with Gasteiger partial charge < -0.3 is 15.4 Å². The van der Waals surface area contributed by atoms with Crippen LogP contribution < -0.4 is 5.73 Å². The Morgan fingerprint density at radius 2 is 2.22 bits per heavy atom. The van der Waals surface area contributed by atoms with Gasteiger partial charge in [-0.15, -0.1) is 0 Å². The lowest BCUT2D eigenvalue weighted by atomic mass is 10.1. The van der Waals surface area contributed by atoms with E-state index in [1.807, 2.05) is 36.4 Å². The molecule has 0 aromatic heterocycles. The Labute approximate surface area is 106 Å². The fourth-order valence-corrected chi connectivity index (χ4v) is 1.93. The Balaban J connectivity index is 2.05. The van der Waals surface area contributed by atoms with Crippen molar-refractivity contribution in [2.45, 2.75) is 12.1 Å². The van der Waals surface area contributed by atoms with Gasteiger partial charge in [-0.05, 0) is 5.56 Å². The maximum atomic E-state index is 12.2. The Hall–Kier alpha value is -1.90. The molecule has 1 aromatic carbocycles. The zero-order chi connectivity index (χ0) is 13.0. The first kappa shape index (κ1) is 12.6. The number of amides is 1. The van der Waals surface area contributed by atoms with Crippen molar-refractivity contribution in [3.8, 4) is 6.07 Å². The molecule has 0 spiro atoms. The van der Waals surface area contributed by atoms with Crippen molar-refractivity contribution in [2.75, 3.05) is 19.7 Å². The van der Waals surface area contributed by atoms with Gasteiger partial charge in [-0.2, -0.15) is 5.26 Å². The van der Waals surface area contributed by atoms with Crippen LogP contribution in [0, 0.1) is 11.3 Å². The quantitative estimate of drug-likeness (QED) is 0.819. The molecule has 18 heavy (non-hydrogen) atoms. The molecule has 0 aliphatic carbocycles. The third-order valence-corrected chi connectivity index (χ3v) is 2.95. The molecule has 5 nitrogen and oxygen atoms in total. The largest absolute Gasteiger partial charge is 0.360 e. The summed E-state index contributed by atoms with van der Waals surface area (Å²) < 4.78 is 5.20. The minimum absolute atomic E-state index is 0.162. The van der Waals surface area contributed by atoms with Crippen LogP contribution in [0.15, 0.2) is 30.3 Å². The van der Waals surface area contributed by atoms with E-state index in [1.54, 1.807) is 4.90 Å². The molecule has 94 valence electrons. The first-order valence-corrected chi connectivity index (χ1v) is 5.83. The molecule has 0 radical (unpaired) electrons. The summed E-state index contributed by atoms with van der Waals surface area (Å²) in [6, 6.07) is 10.6. The van der Waals surface area contributed by atoms with Gasteiger partial charge in [-0.25, -0.2) is 0 Å². The van der Waals surface area contributed by atoms with E-state index < -0.39 is 12.1 Å². The third-order valence-electron chi connectivity index (χ3n) is 2.95. The van der Waals surface area contributed by atoms with Gasteiger partial charge in [-0.3, -0.25) is 4.79 Å². The number of nitrogens with two attached hydrogens (primary N) is 1. The average molecular weight is 245 g/mol. The second kappa shape index (κ2) is 5.63. The molecule has 1 amide bonds. The van der Waals surface area contributed by atoms with Crippen molar-refractivity contribution in [3.05, 3.63) is 35.9 Å². The van der Waals surface area contributed by atoms with Crippen LogP contribution in [0.4, 0.5) is 0 Å². The van der Waals surface area contributed by atoms with Gasteiger partial charge in [0.1, 0.15) is 6.04 Å². The van der Waals surface area contributed by atoms with Crippen LogP contribution in [0.5, 0.6) is 0 Å². The molecular formula is C13H15N3O2. The Morgan fingerprint density at radius 1 is 1.50 bits per heavy atom. The fourth-order valence-electron chi connectivity index (χ4n) is 1.93. The normalized spacial score (nSPS) is 21.1. The summed E-state index contributed by atoms with van der Waals surface area (Å²) in [5, 5.41) is 8.80. The molecular weight excluding hydrogens is 230 g/mol. The summed E-state index contributed by atoms with van der Waals surface area (Å²) >= 11 is 0. The first-order valence-electron chi connectivity index (χ1n) is 5.83. The minimum atomic E-state index is -0.677. The molecule has 1 fully saturated rings. The van der Waals surface area contributed by atoms with Gasteiger partial charge in [0, 0.05) is 6.54 Å². The third kappa shape index (κ3) is 2.67. The number of carbonyl (C=O) groups excluding carboxylic acids is 1. The molecule has 1 aliphatic rings. The second-order valence-corrected chi connectivity index (χ2v) is 4.16. The fraction of sp³-hybridized carbons (Fsp3) is 0.385. The van der Waals surface area contributed by atoms with E-state index in [0.717, 1.165) is 5.56 Å². The highest BCUT2D eigenvalue weighted by Crippen LogP contribution is 2.15. The molecule has 0 saturated carbocycles. The number of ether oxygens (including phenoxy) is 1. The number of hydrogen-bond acceptors (Lipinski definition) is 4. The summed E-state index contributed by atoms with van der Waals surface area (Å²) in [6.45, 7) is 1.15. The van der Waals surface area contributed by atoms with Crippen LogP contribution in [0.1, 0.15) is 11.6 Å². The second-order valence-electron chi connectivity index (χ2n) is 4.16. The van der Waals surface area contributed by atoms with Gasteiger partial charge in [-0.1, -0.05) is 30.3 Å². The lowest BCUT2D eigenvalue weighted by Gasteiger charge is -2.31. The van der Waals surface area contributed by atoms with Crippen molar-refractivity contribution in [3.63, 3.8) is 0 Å². The Kier molecular flexibility index (Phi) is 3.92. The standard InChI is InChI=1S/C13H15N3O2/c14-8-11-9-16(6-7-18-11)13(17)12(15)10-4-2-1-3-5-10/h1-5,11-12H,6-7,9,15H2/t11?,12-/m1/s1. The number of morpholine rings is 1. The van der Waals surface area contributed by atoms with Crippen molar-refractivity contribution < 1.29 is 9.53 Å². The van der Waals surface area contributed by atoms with E-state index in [4.69, 9.17) is 15.7 Å². The van der Waals surface area contributed by atoms with Gasteiger partial charge >= 0.3 is 0 Å². The topological polar surface area (TPSA) is 79.4 Å². The van der Waals surface area contributed by atoms with E-state index in [-0.39, 0.29) is 12.5 Å². The van der Waals surface area contributed by atoms with Crippen molar-refractivity contribution >= 4 is 5.91 Å². The molecule has 1 saturated heterocycles. The Morgan fingerprint density at radius 3 is 2.89 bits per heavy atom. The van der Waals surface area contributed by atoms with Crippen LogP contribution in [0.2, 0.25) is 0 Å². The van der Waals surface area contributed by atoms with E-state index in [0.29, 0.717) is 13.2 Å². The van der Waals surface area contributed by atoms with Crippen molar-refractivity contribution in [2.24, 2.45) is 5.73 Å². The van der Waals surface area contributed by atoms with Gasteiger partial charge in [0.15, 0.2) is 6.10 Å². The number of nitriles is 1. The van der Waals surface area contributed by atoms with E-state index in [2.05, 4.69) is 0 Å². The van der Waals surface area contributed by atoms with Crippen molar-refractivity contribution in [1.29, 1.82) is 5.26 Å². The van der Waals surface area contributed by atoms with E-state index >= 15 is 0 Å². The highest BCUT2D eigenvalue weighted by Gasteiger charge is 2.28. The number of rotatable bonds is 2. The van der Waals surface area contributed by atoms with Crippen LogP contribution in [-0.2, 0) is 9.53 Å². The summed E-state index contributed by atoms with van der Waals surface area (Å²) in [5.41, 5.74) is 6.72. The predicted octanol–water partition coefficient (Wildman–Crippen LogP) is 0.437. The molecule has 1 aliphatic heterocycles. The van der Waals surface area contributed by atoms with E-state index in [9.17, 15) is 4.79 Å². The molecule has 2 rings (SSSR count). The first-order chi connectivity index (χ1) is 8.72. The number of hydrogen-bond donors (Lipinski definition) is 1. The highest BCUT2D eigenvalue weighted by molar-refractivity contribution is 5.83. The monoisotopic (exact) mass is 245 g/mol.